The standard InChI is InChI=1S/C14H12ClNOS/c15-11-6-2-1-5-10(11)13(17)12-8-9-4-3-7-16-14(9)18-12/h1-2,5-6,8,16H,3-4,7H2. The lowest BCUT2D eigenvalue weighted by molar-refractivity contribution is 0.104. The third kappa shape index (κ3) is 2.04. The van der Waals surface area contributed by atoms with E-state index in [0.29, 0.717) is 10.6 Å². The smallest absolute Gasteiger partial charge is 0.204 e. The van der Waals surface area contributed by atoms with Crippen molar-refractivity contribution in [3.05, 3.63) is 51.4 Å². The van der Waals surface area contributed by atoms with Crippen LogP contribution in [0.25, 0.3) is 0 Å². The Morgan fingerprint density at radius 3 is 2.94 bits per heavy atom. The molecular weight excluding hydrogens is 266 g/mol. The molecule has 18 heavy (non-hydrogen) atoms. The fourth-order valence-electron chi connectivity index (χ4n) is 2.13. The van der Waals surface area contributed by atoms with Crippen LogP contribution in [0.3, 0.4) is 0 Å². The van der Waals surface area contributed by atoms with Crippen LogP contribution in [0.1, 0.15) is 27.2 Å². The molecule has 0 fully saturated rings. The minimum atomic E-state index is 0.0156. The van der Waals surface area contributed by atoms with Gasteiger partial charge in [-0.25, -0.2) is 0 Å². The number of anilines is 1. The SMILES string of the molecule is O=C(c1cc2c(s1)NCCC2)c1ccccc1Cl. The number of thiophene rings is 1. The summed E-state index contributed by atoms with van der Waals surface area (Å²) in [5, 5.41) is 4.99. The van der Waals surface area contributed by atoms with Crippen molar-refractivity contribution in [2.75, 3.05) is 11.9 Å². The fraction of sp³-hybridized carbons (Fsp3) is 0.214. The van der Waals surface area contributed by atoms with Crippen molar-refractivity contribution in [3.63, 3.8) is 0 Å². The summed E-state index contributed by atoms with van der Waals surface area (Å²) in [6, 6.07) is 9.19. The van der Waals surface area contributed by atoms with Gasteiger partial charge < -0.3 is 5.32 Å². The van der Waals surface area contributed by atoms with Gasteiger partial charge in [0, 0.05) is 12.1 Å². The zero-order valence-electron chi connectivity index (χ0n) is 9.70. The molecule has 0 aliphatic carbocycles. The average Bonchev–Trinajstić information content (AvgIpc) is 2.82. The molecule has 1 aliphatic rings. The van der Waals surface area contributed by atoms with Gasteiger partial charge in [0.05, 0.1) is 14.9 Å². The Morgan fingerprint density at radius 2 is 2.17 bits per heavy atom. The highest BCUT2D eigenvalue weighted by Gasteiger charge is 2.19. The first kappa shape index (κ1) is 11.8. The Balaban J connectivity index is 1.98. The van der Waals surface area contributed by atoms with Crippen LogP contribution in [0.2, 0.25) is 5.02 Å². The van der Waals surface area contributed by atoms with E-state index >= 15 is 0 Å². The van der Waals surface area contributed by atoms with E-state index in [-0.39, 0.29) is 5.78 Å². The summed E-state index contributed by atoms with van der Waals surface area (Å²) >= 11 is 7.59. The molecule has 0 unspecified atom stereocenters. The van der Waals surface area contributed by atoms with Gasteiger partial charge in [0.15, 0.2) is 0 Å². The third-order valence-corrected chi connectivity index (χ3v) is 4.52. The number of fused-ring (bicyclic) bond motifs is 1. The minimum absolute atomic E-state index is 0.0156. The Labute approximate surface area is 115 Å². The zero-order chi connectivity index (χ0) is 12.5. The summed E-state index contributed by atoms with van der Waals surface area (Å²) in [7, 11) is 0. The predicted molar refractivity (Wildman–Crippen MR) is 76.0 cm³/mol. The number of ketones is 1. The number of nitrogens with one attached hydrogen (secondary N) is 1. The molecule has 2 nitrogen and oxygen atoms in total. The first-order chi connectivity index (χ1) is 8.75. The number of carbonyl (C=O) groups is 1. The molecule has 1 N–H and O–H groups in total. The van der Waals surface area contributed by atoms with Gasteiger partial charge >= 0.3 is 0 Å². The van der Waals surface area contributed by atoms with Gasteiger partial charge in [-0.15, -0.1) is 11.3 Å². The normalized spacial score (nSPS) is 13.8. The van der Waals surface area contributed by atoms with Gasteiger partial charge in [0.2, 0.25) is 5.78 Å². The fourth-order valence-corrected chi connectivity index (χ4v) is 3.45. The number of benzene rings is 1. The van der Waals surface area contributed by atoms with Gasteiger partial charge in [0.25, 0.3) is 0 Å². The van der Waals surface area contributed by atoms with E-state index in [4.69, 9.17) is 11.6 Å². The lowest BCUT2D eigenvalue weighted by Gasteiger charge is -2.11. The van der Waals surface area contributed by atoms with Crippen LogP contribution < -0.4 is 5.32 Å². The second-order valence-corrected chi connectivity index (χ2v) is 5.76. The quantitative estimate of drug-likeness (QED) is 0.841. The predicted octanol–water partition coefficient (Wildman–Crippen LogP) is 3.99. The van der Waals surface area contributed by atoms with E-state index in [2.05, 4.69) is 5.32 Å². The molecule has 0 spiro atoms. The average molecular weight is 278 g/mol. The minimum Gasteiger partial charge on any atom is -0.377 e. The molecule has 0 bridgehead atoms. The molecule has 1 aliphatic heterocycles. The lowest BCUT2D eigenvalue weighted by Crippen LogP contribution is -2.08. The van der Waals surface area contributed by atoms with Crippen LogP contribution >= 0.6 is 22.9 Å². The summed E-state index contributed by atoms with van der Waals surface area (Å²) < 4.78 is 0. The molecule has 0 radical (unpaired) electrons. The maximum Gasteiger partial charge on any atom is 0.204 e. The Morgan fingerprint density at radius 1 is 1.33 bits per heavy atom. The highest BCUT2D eigenvalue weighted by molar-refractivity contribution is 7.18. The van der Waals surface area contributed by atoms with E-state index in [0.717, 1.165) is 29.3 Å². The van der Waals surface area contributed by atoms with Crippen molar-refractivity contribution in [1.82, 2.24) is 0 Å². The summed E-state index contributed by atoms with van der Waals surface area (Å²) in [6.07, 6.45) is 2.18. The molecule has 1 aromatic heterocycles. The van der Waals surface area contributed by atoms with E-state index < -0.39 is 0 Å². The highest BCUT2D eigenvalue weighted by atomic mass is 35.5. The van der Waals surface area contributed by atoms with E-state index in [1.807, 2.05) is 18.2 Å². The van der Waals surface area contributed by atoms with E-state index in [9.17, 15) is 4.79 Å². The molecule has 0 amide bonds. The first-order valence-electron chi connectivity index (χ1n) is 5.91. The number of hydrogen-bond acceptors (Lipinski definition) is 3. The Hall–Kier alpha value is -1.32. The van der Waals surface area contributed by atoms with Crippen molar-refractivity contribution in [1.29, 1.82) is 0 Å². The topological polar surface area (TPSA) is 29.1 Å². The Bertz CT molecular complexity index is 582. The lowest BCUT2D eigenvalue weighted by atomic mass is 10.1. The number of carbonyl (C=O) groups excluding carboxylic acids is 1. The van der Waals surface area contributed by atoms with Crippen molar-refractivity contribution >= 4 is 33.7 Å². The molecule has 1 aromatic carbocycles. The molecule has 0 saturated heterocycles. The summed E-state index contributed by atoms with van der Waals surface area (Å²) in [5.74, 6) is 0.0156. The van der Waals surface area contributed by atoms with E-state index in [1.54, 1.807) is 12.1 Å². The van der Waals surface area contributed by atoms with Gasteiger partial charge in [0.1, 0.15) is 0 Å². The third-order valence-electron chi connectivity index (χ3n) is 3.06. The van der Waals surface area contributed by atoms with Crippen molar-refractivity contribution in [3.8, 4) is 0 Å². The maximum absolute atomic E-state index is 12.4. The largest absolute Gasteiger partial charge is 0.377 e. The highest BCUT2D eigenvalue weighted by Crippen LogP contribution is 2.33. The molecular formula is C14H12ClNOS. The summed E-state index contributed by atoms with van der Waals surface area (Å²) in [6.45, 7) is 0.993. The molecule has 0 saturated carbocycles. The number of aryl methyl sites for hydroxylation is 1. The summed E-state index contributed by atoms with van der Waals surface area (Å²) in [5.41, 5.74) is 1.83. The van der Waals surface area contributed by atoms with Crippen molar-refractivity contribution < 1.29 is 4.79 Å². The molecule has 2 heterocycles. The van der Waals surface area contributed by atoms with Crippen LogP contribution in [0.15, 0.2) is 30.3 Å². The van der Waals surface area contributed by atoms with Crippen LogP contribution in [0.5, 0.6) is 0 Å². The number of halogens is 1. The van der Waals surface area contributed by atoms with Crippen LogP contribution in [0.4, 0.5) is 5.00 Å². The van der Waals surface area contributed by atoms with Crippen LogP contribution in [-0.4, -0.2) is 12.3 Å². The number of hydrogen-bond donors (Lipinski definition) is 1. The van der Waals surface area contributed by atoms with Crippen molar-refractivity contribution in [2.24, 2.45) is 0 Å². The molecule has 2 aromatic rings. The zero-order valence-corrected chi connectivity index (χ0v) is 11.3. The van der Waals surface area contributed by atoms with Crippen LogP contribution in [-0.2, 0) is 6.42 Å². The molecule has 0 atom stereocenters. The van der Waals surface area contributed by atoms with Gasteiger partial charge in [-0.3, -0.25) is 4.79 Å². The number of rotatable bonds is 2. The Kier molecular flexibility index (Phi) is 3.10. The molecule has 92 valence electrons. The first-order valence-corrected chi connectivity index (χ1v) is 7.11. The van der Waals surface area contributed by atoms with Gasteiger partial charge in [-0.1, -0.05) is 23.7 Å². The molecule has 3 rings (SSSR count). The monoisotopic (exact) mass is 277 g/mol. The van der Waals surface area contributed by atoms with Crippen molar-refractivity contribution in [2.45, 2.75) is 12.8 Å². The molecule has 4 heteroatoms. The van der Waals surface area contributed by atoms with Gasteiger partial charge in [-0.05, 0) is 36.6 Å². The van der Waals surface area contributed by atoms with Crippen LogP contribution in [0, 0.1) is 0 Å². The van der Waals surface area contributed by atoms with Gasteiger partial charge in [-0.2, -0.15) is 0 Å². The van der Waals surface area contributed by atoms with E-state index in [1.165, 1.54) is 16.9 Å². The maximum atomic E-state index is 12.4. The second kappa shape index (κ2) is 4.75. The summed E-state index contributed by atoms with van der Waals surface area (Å²) in [4.78, 5) is 13.1. The second-order valence-electron chi connectivity index (χ2n) is 4.30.